The number of hydrogen-bond acceptors (Lipinski definition) is 4. The van der Waals surface area contributed by atoms with E-state index in [1.165, 1.54) is 38.0 Å². The number of carbonyl (C=O) groups is 1. The Morgan fingerprint density at radius 1 is 1.24 bits per heavy atom. The number of methoxy groups -OCH3 is 1. The molecule has 0 spiro atoms. The van der Waals surface area contributed by atoms with Crippen LogP contribution in [0.4, 0.5) is 17.6 Å². The van der Waals surface area contributed by atoms with Crippen LogP contribution in [-0.2, 0) is 10.2 Å². The number of likely N-dealkylation sites (tertiary alicyclic amines) is 1. The number of amides is 1. The maximum atomic E-state index is 14.2. The third-order valence-electron chi connectivity index (χ3n) is 6.57. The highest BCUT2D eigenvalue weighted by Crippen LogP contribution is 2.44. The Morgan fingerprint density at radius 3 is 2.42 bits per heavy atom. The minimum absolute atomic E-state index is 0.0647. The quantitative estimate of drug-likeness (QED) is 0.538. The molecule has 188 valence electrons. The van der Waals surface area contributed by atoms with Crippen LogP contribution in [0.25, 0.3) is 0 Å². The molecule has 9 heteroatoms. The van der Waals surface area contributed by atoms with Crippen LogP contribution < -0.4 is 4.74 Å². The number of benzene rings is 1. The van der Waals surface area contributed by atoms with Crippen molar-refractivity contribution in [1.82, 2.24) is 9.80 Å². The molecule has 0 aliphatic carbocycles. The maximum absolute atomic E-state index is 14.2. The topological polar surface area (TPSA) is 53.0 Å². The van der Waals surface area contributed by atoms with E-state index in [9.17, 15) is 27.5 Å². The lowest BCUT2D eigenvalue weighted by Gasteiger charge is -2.43. The number of aliphatic hydroxyl groups is 1. The van der Waals surface area contributed by atoms with E-state index >= 15 is 0 Å². The van der Waals surface area contributed by atoms with Crippen molar-refractivity contribution >= 4 is 5.91 Å². The highest BCUT2D eigenvalue weighted by Gasteiger charge is 2.57. The average molecular weight is 477 g/mol. The van der Waals surface area contributed by atoms with Crippen molar-refractivity contribution in [1.29, 1.82) is 0 Å². The first-order valence-electron chi connectivity index (χ1n) is 11.4. The Hall–Kier alpha value is -1.87. The van der Waals surface area contributed by atoms with Crippen molar-refractivity contribution in [3.63, 3.8) is 0 Å². The fraction of sp³-hybridized carbons (Fsp3) is 0.708. The number of carbonyl (C=O) groups excluding carboxylic acids is 1. The third-order valence-corrected chi connectivity index (χ3v) is 6.57. The Kier molecular flexibility index (Phi) is 8.79. The van der Waals surface area contributed by atoms with Gasteiger partial charge < -0.3 is 14.7 Å². The van der Waals surface area contributed by atoms with Gasteiger partial charge in [-0.15, -0.1) is 0 Å². The highest BCUT2D eigenvalue weighted by molar-refractivity contribution is 5.79. The number of hydrogen-bond donors (Lipinski definition) is 1. The lowest BCUT2D eigenvalue weighted by atomic mass is 9.74. The summed E-state index contributed by atoms with van der Waals surface area (Å²) in [6.45, 7) is 7.76. The van der Waals surface area contributed by atoms with Crippen LogP contribution in [0.2, 0.25) is 0 Å². The van der Waals surface area contributed by atoms with E-state index in [4.69, 9.17) is 4.74 Å². The zero-order valence-electron chi connectivity index (χ0n) is 20.1. The molecule has 0 aromatic heterocycles. The number of piperidine rings is 1. The van der Waals surface area contributed by atoms with Crippen molar-refractivity contribution in [3.05, 3.63) is 29.6 Å². The maximum Gasteiger partial charge on any atom is 0.418 e. The van der Waals surface area contributed by atoms with Gasteiger partial charge in [0.05, 0.1) is 13.0 Å². The van der Waals surface area contributed by atoms with Crippen LogP contribution in [0.1, 0.15) is 52.5 Å². The van der Waals surface area contributed by atoms with Crippen LogP contribution in [0, 0.1) is 11.7 Å². The van der Waals surface area contributed by atoms with E-state index < -0.39 is 41.9 Å². The first kappa shape index (κ1) is 27.4. The van der Waals surface area contributed by atoms with Gasteiger partial charge in [0.2, 0.25) is 5.91 Å². The molecule has 2 unspecified atom stereocenters. The number of halogens is 4. The van der Waals surface area contributed by atoms with E-state index in [1.807, 2.05) is 13.8 Å². The second-order valence-corrected chi connectivity index (χ2v) is 9.52. The van der Waals surface area contributed by atoms with Crippen molar-refractivity contribution < 1.29 is 32.2 Å². The summed E-state index contributed by atoms with van der Waals surface area (Å²) in [7, 11) is 1.36. The van der Waals surface area contributed by atoms with Crippen LogP contribution >= 0.6 is 0 Å². The number of β-amino-alcohol motifs (C(OH)–C–C–N with tert-alkyl or cyclic N) is 1. The van der Waals surface area contributed by atoms with Gasteiger partial charge >= 0.3 is 6.18 Å². The first-order chi connectivity index (χ1) is 15.3. The second kappa shape index (κ2) is 10.6. The molecule has 1 aliphatic heterocycles. The molecular formula is C24H36F4N2O3. The number of rotatable bonds is 9. The molecule has 1 heterocycles. The summed E-state index contributed by atoms with van der Waals surface area (Å²) in [5, 5.41) is 11.0. The summed E-state index contributed by atoms with van der Waals surface area (Å²) in [5.74, 6) is -0.797. The smallest absolute Gasteiger partial charge is 0.418 e. The molecule has 1 fully saturated rings. The molecule has 1 aromatic rings. The summed E-state index contributed by atoms with van der Waals surface area (Å²) in [6, 6.07) is 3.69. The Labute approximate surface area is 193 Å². The van der Waals surface area contributed by atoms with Gasteiger partial charge in [-0.05, 0) is 63.3 Å². The fourth-order valence-electron chi connectivity index (χ4n) is 4.85. The summed E-state index contributed by atoms with van der Waals surface area (Å²) in [5.41, 5.74) is -4.04. The number of alkyl halides is 3. The summed E-state index contributed by atoms with van der Waals surface area (Å²) in [6.07, 6.45) is -4.41. The van der Waals surface area contributed by atoms with Gasteiger partial charge in [-0.1, -0.05) is 13.8 Å². The third kappa shape index (κ3) is 6.38. The molecular weight excluding hydrogens is 440 g/mol. The van der Waals surface area contributed by atoms with Gasteiger partial charge in [-0.25, -0.2) is 4.39 Å². The van der Waals surface area contributed by atoms with E-state index in [0.29, 0.717) is 32.5 Å². The van der Waals surface area contributed by atoms with Crippen LogP contribution in [0.5, 0.6) is 5.75 Å². The SMILES string of the molecule is CCN(CC)C(=O)C1CCCN(CC(O)(CC(C)(C)c2cc(F)ccc2OC)C(F)(F)F)C1. The predicted molar refractivity (Wildman–Crippen MR) is 119 cm³/mol. The molecule has 1 amide bonds. The molecule has 5 nitrogen and oxygen atoms in total. The lowest BCUT2D eigenvalue weighted by molar-refractivity contribution is -0.272. The molecule has 33 heavy (non-hydrogen) atoms. The fourth-order valence-corrected chi connectivity index (χ4v) is 4.85. The van der Waals surface area contributed by atoms with E-state index in [0.717, 1.165) is 6.07 Å². The molecule has 1 aromatic carbocycles. The zero-order valence-corrected chi connectivity index (χ0v) is 20.1. The Bertz CT molecular complexity index is 811. The predicted octanol–water partition coefficient (Wildman–Crippen LogP) is 4.38. The highest BCUT2D eigenvalue weighted by atomic mass is 19.4. The van der Waals surface area contributed by atoms with Crippen LogP contribution in [-0.4, -0.2) is 72.4 Å². The van der Waals surface area contributed by atoms with Crippen molar-refractivity contribution in [2.75, 3.05) is 39.8 Å². The first-order valence-corrected chi connectivity index (χ1v) is 11.4. The molecule has 1 aliphatic rings. The molecule has 0 saturated carbocycles. The van der Waals surface area contributed by atoms with Gasteiger partial charge in [0, 0.05) is 31.7 Å². The summed E-state index contributed by atoms with van der Waals surface area (Å²) in [4.78, 5) is 16.0. The van der Waals surface area contributed by atoms with Gasteiger partial charge in [-0.3, -0.25) is 9.69 Å². The van der Waals surface area contributed by atoms with E-state index in [-0.39, 0.29) is 23.8 Å². The molecule has 1 saturated heterocycles. The lowest BCUT2D eigenvalue weighted by Crippen LogP contribution is -2.58. The van der Waals surface area contributed by atoms with E-state index in [2.05, 4.69) is 0 Å². The summed E-state index contributed by atoms with van der Waals surface area (Å²) < 4.78 is 61.8. The molecule has 2 atom stereocenters. The Balaban J connectivity index is 2.28. The molecule has 0 radical (unpaired) electrons. The number of nitrogens with zero attached hydrogens (tertiary/aromatic N) is 2. The minimum atomic E-state index is -4.92. The normalized spacial score (nSPS) is 19.8. The van der Waals surface area contributed by atoms with Gasteiger partial charge in [-0.2, -0.15) is 13.2 Å². The largest absolute Gasteiger partial charge is 0.496 e. The van der Waals surface area contributed by atoms with Gasteiger partial charge in [0.1, 0.15) is 11.6 Å². The second-order valence-electron chi connectivity index (χ2n) is 9.52. The van der Waals surface area contributed by atoms with Crippen LogP contribution in [0.15, 0.2) is 18.2 Å². The van der Waals surface area contributed by atoms with Crippen LogP contribution in [0.3, 0.4) is 0 Å². The van der Waals surface area contributed by atoms with Gasteiger partial charge in [0.25, 0.3) is 0 Å². The Morgan fingerprint density at radius 2 is 1.88 bits per heavy atom. The molecule has 2 rings (SSSR count). The zero-order chi connectivity index (χ0) is 25.0. The molecule has 0 bridgehead atoms. The van der Waals surface area contributed by atoms with E-state index in [1.54, 1.807) is 4.90 Å². The molecule has 1 N–H and O–H groups in total. The minimum Gasteiger partial charge on any atom is -0.496 e. The number of ether oxygens (including phenoxy) is 1. The van der Waals surface area contributed by atoms with Gasteiger partial charge in [0.15, 0.2) is 5.60 Å². The standard InChI is InChI=1S/C24H36F4N2O3/c1-6-30(7-2)21(31)17-9-8-12-29(14-17)16-23(32,24(26,27)28)15-22(3,4)19-13-18(25)10-11-20(19)33-5/h10-11,13,17,32H,6-9,12,14-16H2,1-5H3. The van der Waals surface area contributed by atoms with Crippen molar-refractivity contribution in [2.24, 2.45) is 5.92 Å². The van der Waals surface area contributed by atoms with Crippen molar-refractivity contribution in [3.8, 4) is 5.75 Å². The van der Waals surface area contributed by atoms with Crippen molar-refractivity contribution in [2.45, 2.75) is 64.1 Å². The monoisotopic (exact) mass is 476 g/mol. The average Bonchev–Trinajstić information content (AvgIpc) is 2.73. The summed E-state index contributed by atoms with van der Waals surface area (Å²) >= 11 is 0.